The van der Waals surface area contributed by atoms with Crippen LogP contribution in [0, 0.1) is 17.0 Å². The van der Waals surface area contributed by atoms with E-state index >= 15 is 0 Å². The highest BCUT2D eigenvalue weighted by Gasteiger charge is 2.19. The maximum Gasteiger partial charge on any atom is 0.342 e. The summed E-state index contributed by atoms with van der Waals surface area (Å²) in [6.45, 7) is 2.25. The smallest absolute Gasteiger partial charge is 0.342 e. The molecule has 1 aromatic heterocycles. The van der Waals surface area contributed by atoms with Crippen LogP contribution >= 0.6 is 22.6 Å². The molecule has 0 bridgehead atoms. The lowest BCUT2D eigenvalue weighted by Gasteiger charge is -2.10. The van der Waals surface area contributed by atoms with Crippen LogP contribution in [0.25, 0.3) is 0 Å². The monoisotopic (exact) mass is 340 g/mol. The highest BCUT2D eigenvalue weighted by molar-refractivity contribution is 14.1. The first-order chi connectivity index (χ1) is 7.56. The molecule has 8 heteroatoms. The van der Waals surface area contributed by atoms with E-state index in [9.17, 15) is 15.2 Å². The molecule has 1 rings (SSSR count). The summed E-state index contributed by atoms with van der Waals surface area (Å²) in [5.74, 6) is 0.436. The number of aliphatic hydroxyl groups is 1. The van der Waals surface area contributed by atoms with Crippen LogP contribution in [-0.4, -0.2) is 36.8 Å². The molecule has 0 aliphatic carbocycles. The SMILES string of the molecule is Cc1ncc([N+](=O)[O-])n1CC(O)CNCI. The first-order valence-corrected chi connectivity index (χ1v) is 6.20. The molecular formula is C8H13IN4O3. The lowest BCUT2D eigenvalue weighted by Crippen LogP contribution is -2.30. The minimum Gasteiger partial charge on any atom is -0.388 e. The van der Waals surface area contributed by atoms with Crippen LogP contribution in [-0.2, 0) is 6.54 Å². The van der Waals surface area contributed by atoms with Gasteiger partial charge in [-0.15, -0.1) is 0 Å². The second kappa shape index (κ2) is 6.11. The highest BCUT2D eigenvalue weighted by Crippen LogP contribution is 2.13. The Balaban J connectivity index is 2.71. The predicted molar refractivity (Wildman–Crippen MR) is 66.5 cm³/mol. The van der Waals surface area contributed by atoms with Crippen molar-refractivity contribution in [1.82, 2.24) is 14.9 Å². The molecule has 1 unspecified atom stereocenters. The summed E-state index contributed by atoms with van der Waals surface area (Å²) in [6.07, 6.45) is 0.537. The van der Waals surface area contributed by atoms with E-state index in [2.05, 4.69) is 32.9 Å². The van der Waals surface area contributed by atoms with Crippen molar-refractivity contribution in [2.45, 2.75) is 19.6 Å². The Labute approximate surface area is 106 Å². The number of aryl methyl sites for hydroxylation is 1. The van der Waals surface area contributed by atoms with E-state index in [1.807, 2.05) is 0 Å². The summed E-state index contributed by atoms with van der Waals surface area (Å²) in [5, 5.41) is 23.3. The average Bonchev–Trinajstić information content (AvgIpc) is 2.58. The number of imidazole rings is 1. The molecule has 0 saturated carbocycles. The van der Waals surface area contributed by atoms with Gasteiger partial charge in [0.2, 0.25) is 0 Å². The molecule has 1 aromatic rings. The zero-order valence-corrected chi connectivity index (χ0v) is 10.9. The lowest BCUT2D eigenvalue weighted by molar-refractivity contribution is -0.392. The number of halogens is 1. The fourth-order valence-corrected chi connectivity index (χ4v) is 1.64. The summed E-state index contributed by atoms with van der Waals surface area (Å²) in [4.78, 5) is 14.0. The number of hydrogen-bond acceptors (Lipinski definition) is 5. The fraction of sp³-hybridized carbons (Fsp3) is 0.625. The van der Waals surface area contributed by atoms with Crippen molar-refractivity contribution in [2.24, 2.45) is 0 Å². The van der Waals surface area contributed by atoms with Crippen LogP contribution < -0.4 is 5.32 Å². The van der Waals surface area contributed by atoms with Crippen LogP contribution in [0.2, 0.25) is 0 Å². The third-order valence-electron chi connectivity index (χ3n) is 2.09. The third kappa shape index (κ3) is 3.39. The number of aromatic nitrogens is 2. The van der Waals surface area contributed by atoms with Crippen LogP contribution in [0.15, 0.2) is 6.20 Å². The van der Waals surface area contributed by atoms with Crippen molar-refractivity contribution in [1.29, 1.82) is 0 Å². The van der Waals surface area contributed by atoms with E-state index in [-0.39, 0.29) is 12.4 Å². The van der Waals surface area contributed by atoms with Crippen molar-refractivity contribution >= 4 is 28.4 Å². The second-order valence-corrected chi connectivity index (χ2v) is 4.04. The Morgan fingerprint density at radius 3 is 3.06 bits per heavy atom. The molecule has 0 aromatic carbocycles. The highest BCUT2D eigenvalue weighted by atomic mass is 127. The minimum atomic E-state index is -0.665. The molecule has 0 radical (unpaired) electrons. The molecule has 16 heavy (non-hydrogen) atoms. The van der Waals surface area contributed by atoms with Crippen LogP contribution in [0.4, 0.5) is 5.82 Å². The van der Waals surface area contributed by atoms with Crippen molar-refractivity contribution in [2.75, 3.05) is 11.1 Å². The van der Waals surface area contributed by atoms with Crippen molar-refractivity contribution in [3.63, 3.8) is 0 Å². The summed E-state index contributed by atoms with van der Waals surface area (Å²) >= 11 is 2.13. The Hall–Kier alpha value is -0.740. The predicted octanol–water partition coefficient (Wildman–Crippen LogP) is 0.443. The maximum atomic E-state index is 10.7. The number of nitro groups is 1. The van der Waals surface area contributed by atoms with Gasteiger partial charge in [-0.2, -0.15) is 0 Å². The molecule has 0 spiro atoms. The summed E-state index contributed by atoms with van der Waals surface area (Å²) in [7, 11) is 0. The lowest BCUT2D eigenvalue weighted by atomic mass is 10.3. The number of nitrogens with zero attached hydrogens (tertiary/aromatic N) is 3. The van der Waals surface area contributed by atoms with Gasteiger partial charge in [-0.3, -0.25) is 0 Å². The molecule has 0 fully saturated rings. The zero-order valence-electron chi connectivity index (χ0n) is 8.76. The number of alkyl halides is 1. The molecule has 0 saturated heterocycles. The van der Waals surface area contributed by atoms with E-state index in [4.69, 9.17) is 0 Å². The quantitative estimate of drug-likeness (QED) is 0.258. The van der Waals surface area contributed by atoms with Crippen molar-refractivity contribution in [3.8, 4) is 0 Å². The fourth-order valence-electron chi connectivity index (χ4n) is 1.32. The van der Waals surface area contributed by atoms with Gasteiger partial charge in [-0.25, -0.2) is 9.55 Å². The molecule has 90 valence electrons. The standard InChI is InChI=1S/C8H13IN4O3/c1-6-11-3-8(13(15)16)12(6)4-7(14)2-10-5-9/h3,7,10,14H,2,4-5H2,1H3. The van der Waals surface area contributed by atoms with E-state index in [1.54, 1.807) is 6.92 Å². The van der Waals surface area contributed by atoms with E-state index in [0.717, 1.165) is 4.55 Å². The summed E-state index contributed by atoms with van der Waals surface area (Å²) < 4.78 is 2.12. The summed E-state index contributed by atoms with van der Waals surface area (Å²) in [6, 6.07) is 0. The topological polar surface area (TPSA) is 93.2 Å². The number of aliphatic hydroxyl groups excluding tert-OH is 1. The van der Waals surface area contributed by atoms with E-state index in [0.29, 0.717) is 12.4 Å². The number of nitrogens with one attached hydrogen (secondary N) is 1. The van der Waals surface area contributed by atoms with Crippen LogP contribution in [0.1, 0.15) is 5.82 Å². The molecule has 0 aliphatic rings. The molecule has 1 atom stereocenters. The van der Waals surface area contributed by atoms with Gasteiger partial charge in [0.25, 0.3) is 0 Å². The van der Waals surface area contributed by atoms with E-state index < -0.39 is 11.0 Å². The molecule has 0 aliphatic heterocycles. The minimum absolute atomic E-state index is 0.0916. The Morgan fingerprint density at radius 2 is 2.50 bits per heavy atom. The van der Waals surface area contributed by atoms with Gasteiger partial charge in [0.05, 0.1) is 0 Å². The molecule has 2 N–H and O–H groups in total. The van der Waals surface area contributed by atoms with Gasteiger partial charge < -0.3 is 20.5 Å². The molecular weight excluding hydrogens is 327 g/mol. The van der Waals surface area contributed by atoms with Gasteiger partial charge in [0.15, 0.2) is 5.82 Å². The van der Waals surface area contributed by atoms with Crippen LogP contribution in [0.3, 0.4) is 0 Å². The van der Waals surface area contributed by atoms with Crippen molar-refractivity contribution in [3.05, 3.63) is 22.1 Å². The van der Waals surface area contributed by atoms with Crippen LogP contribution in [0.5, 0.6) is 0 Å². The normalized spacial score (nSPS) is 12.7. The largest absolute Gasteiger partial charge is 0.388 e. The molecule has 0 amide bonds. The maximum absolute atomic E-state index is 10.7. The zero-order chi connectivity index (χ0) is 12.1. The summed E-state index contributed by atoms with van der Waals surface area (Å²) in [5.41, 5.74) is 0. The molecule has 1 heterocycles. The van der Waals surface area contributed by atoms with Gasteiger partial charge in [0.1, 0.15) is 18.8 Å². The molecule has 7 nitrogen and oxygen atoms in total. The van der Waals surface area contributed by atoms with Crippen molar-refractivity contribution < 1.29 is 10.0 Å². The Kier molecular flexibility index (Phi) is 5.09. The third-order valence-corrected chi connectivity index (χ3v) is 2.63. The Morgan fingerprint density at radius 1 is 1.81 bits per heavy atom. The first-order valence-electron chi connectivity index (χ1n) is 4.67. The van der Waals surface area contributed by atoms with Gasteiger partial charge >= 0.3 is 5.82 Å². The van der Waals surface area contributed by atoms with E-state index in [1.165, 1.54) is 10.8 Å². The van der Waals surface area contributed by atoms with Gasteiger partial charge in [-0.1, -0.05) is 22.6 Å². The van der Waals surface area contributed by atoms with Gasteiger partial charge in [0, 0.05) is 18.0 Å². The Bertz CT molecular complexity index is 368. The number of hydrogen-bond donors (Lipinski definition) is 2. The second-order valence-electron chi connectivity index (χ2n) is 3.27. The van der Waals surface area contributed by atoms with Gasteiger partial charge in [-0.05, 0) is 4.92 Å². The average molecular weight is 340 g/mol. The number of rotatable bonds is 6. The first kappa shape index (κ1) is 13.3.